The first-order valence-electron chi connectivity index (χ1n) is 5.82. The summed E-state index contributed by atoms with van der Waals surface area (Å²) < 4.78 is 0. The van der Waals surface area contributed by atoms with Crippen molar-refractivity contribution in [2.75, 3.05) is 24.2 Å². The van der Waals surface area contributed by atoms with E-state index in [1.165, 1.54) is 5.56 Å². The number of nitrogens with two attached hydrogens (primary N) is 1. The van der Waals surface area contributed by atoms with Crippen LogP contribution in [0.15, 0.2) is 42.7 Å². The predicted octanol–water partition coefficient (Wildman–Crippen LogP) is 3.00. The molecule has 4 heteroatoms. The van der Waals surface area contributed by atoms with Crippen molar-refractivity contribution >= 4 is 23.0 Å². The number of halogens is 1. The normalized spacial score (nSPS) is 10.3. The van der Waals surface area contributed by atoms with Crippen molar-refractivity contribution in [1.82, 2.24) is 4.98 Å². The van der Waals surface area contributed by atoms with Crippen LogP contribution in [-0.4, -0.2) is 18.6 Å². The van der Waals surface area contributed by atoms with Gasteiger partial charge < -0.3 is 10.6 Å². The van der Waals surface area contributed by atoms with Crippen molar-refractivity contribution in [3.63, 3.8) is 0 Å². The van der Waals surface area contributed by atoms with Gasteiger partial charge in [0.2, 0.25) is 0 Å². The fourth-order valence-corrected chi connectivity index (χ4v) is 1.98. The lowest BCUT2D eigenvalue weighted by molar-refractivity contribution is 0.873. The van der Waals surface area contributed by atoms with Crippen LogP contribution < -0.4 is 10.6 Å². The highest BCUT2D eigenvalue weighted by molar-refractivity contribution is 6.31. The molecule has 1 heterocycles. The zero-order valence-electron chi connectivity index (χ0n) is 10.3. The van der Waals surface area contributed by atoms with Gasteiger partial charge >= 0.3 is 0 Å². The van der Waals surface area contributed by atoms with E-state index in [0.717, 1.165) is 24.3 Å². The van der Waals surface area contributed by atoms with Crippen molar-refractivity contribution in [3.05, 3.63) is 53.3 Å². The summed E-state index contributed by atoms with van der Waals surface area (Å²) in [6.45, 7) is 0.871. The van der Waals surface area contributed by atoms with Gasteiger partial charge in [0.25, 0.3) is 0 Å². The number of hydrogen-bond acceptors (Lipinski definition) is 3. The number of pyridine rings is 1. The van der Waals surface area contributed by atoms with Crippen LogP contribution in [0.3, 0.4) is 0 Å². The number of nitrogen functional groups attached to an aromatic ring is 1. The van der Waals surface area contributed by atoms with Crippen LogP contribution in [0.2, 0.25) is 5.02 Å². The maximum absolute atomic E-state index is 5.99. The van der Waals surface area contributed by atoms with E-state index < -0.39 is 0 Å². The summed E-state index contributed by atoms with van der Waals surface area (Å²) in [7, 11) is 2.01. The molecule has 0 aliphatic carbocycles. The summed E-state index contributed by atoms with van der Waals surface area (Å²) in [4.78, 5) is 6.21. The van der Waals surface area contributed by atoms with Gasteiger partial charge in [-0.3, -0.25) is 4.98 Å². The zero-order valence-corrected chi connectivity index (χ0v) is 11.1. The van der Waals surface area contributed by atoms with Crippen LogP contribution >= 0.6 is 11.6 Å². The molecule has 2 aromatic rings. The van der Waals surface area contributed by atoms with E-state index in [2.05, 4.69) is 16.0 Å². The Morgan fingerprint density at radius 1 is 1.33 bits per heavy atom. The van der Waals surface area contributed by atoms with Crippen LogP contribution in [0.25, 0.3) is 0 Å². The average Bonchev–Trinajstić information content (AvgIpc) is 2.40. The minimum atomic E-state index is 0.701. The lowest BCUT2D eigenvalue weighted by Crippen LogP contribution is -2.21. The molecule has 1 aromatic heterocycles. The molecule has 18 heavy (non-hydrogen) atoms. The first-order valence-corrected chi connectivity index (χ1v) is 6.19. The standard InChI is InChI=1S/C14H16ClN3/c1-18(8-6-11-3-2-7-17-10-11)14-9-12(15)4-5-13(14)16/h2-5,7,9-10H,6,8,16H2,1H3. The minimum Gasteiger partial charge on any atom is -0.397 e. The van der Waals surface area contributed by atoms with Crippen LogP contribution in [0, 0.1) is 0 Å². The molecule has 0 atom stereocenters. The number of anilines is 2. The fraction of sp³-hybridized carbons (Fsp3) is 0.214. The molecule has 1 aromatic carbocycles. The largest absolute Gasteiger partial charge is 0.397 e. The summed E-state index contributed by atoms with van der Waals surface area (Å²) in [5.41, 5.74) is 8.87. The van der Waals surface area contributed by atoms with Gasteiger partial charge in [-0.1, -0.05) is 17.7 Å². The molecular formula is C14H16ClN3. The van der Waals surface area contributed by atoms with Crippen molar-refractivity contribution in [2.45, 2.75) is 6.42 Å². The molecule has 0 aliphatic heterocycles. The van der Waals surface area contributed by atoms with E-state index >= 15 is 0 Å². The Kier molecular flexibility index (Phi) is 4.05. The highest BCUT2D eigenvalue weighted by Crippen LogP contribution is 2.26. The molecule has 0 fully saturated rings. The van der Waals surface area contributed by atoms with Gasteiger partial charge in [-0.05, 0) is 36.2 Å². The number of aromatic nitrogens is 1. The number of hydrogen-bond donors (Lipinski definition) is 1. The molecule has 2 rings (SSSR count). The number of rotatable bonds is 4. The molecular weight excluding hydrogens is 246 g/mol. The monoisotopic (exact) mass is 261 g/mol. The Morgan fingerprint density at radius 3 is 2.89 bits per heavy atom. The predicted molar refractivity (Wildman–Crippen MR) is 77.1 cm³/mol. The van der Waals surface area contributed by atoms with Gasteiger partial charge in [-0.25, -0.2) is 0 Å². The Balaban J connectivity index is 2.03. The maximum Gasteiger partial charge on any atom is 0.0612 e. The van der Waals surface area contributed by atoms with E-state index in [9.17, 15) is 0 Å². The van der Waals surface area contributed by atoms with E-state index in [1.807, 2.05) is 31.4 Å². The lowest BCUT2D eigenvalue weighted by Gasteiger charge is -2.21. The SMILES string of the molecule is CN(CCc1cccnc1)c1cc(Cl)ccc1N. The van der Waals surface area contributed by atoms with Crippen LogP contribution in [0.1, 0.15) is 5.56 Å². The third-order valence-corrected chi connectivity index (χ3v) is 3.10. The molecule has 0 radical (unpaired) electrons. The Bertz CT molecular complexity index is 514. The summed E-state index contributed by atoms with van der Waals surface area (Å²) in [6, 6.07) is 9.54. The van der Waals surface area contributed by atoms with Gasteiger partial charge in [0.1, 0.15) is 0 Å². The van der Waals surface area contributed by atoms with Gasteiger partial charge in [-0.15, -0.1) is 0 Å². The highest BCUT2D eigenvalue weighted by Gasteiger charge is 2.06. The van der Waals surface area contributed by atoms with Crippen molar-refractivity contribution in [3.8, 4) is 0 Å². The van der Waals surface area contributed by atoms with E-state index in [0.29, 0.717) is 5.02 Å². The van der Waals surface area contributed by atoms with Gasteiger partial charge in [0.05, 0.1) is 11.4 Å². The van der Waals surface area contributed by atoms with Crippen molar-refractivity contribution in [2.24, 2.45) is 0 Å². The van der Waals surface area contributed by atoms with Crippen LogP contribution in [-0.2, 0) is 6.42 Å². The molecule has 0 amide bonds. The van der Waals surface area contributed by atoms with E-state index in [1.54, 1.807) is 12.3 Å². The average molecular weight is 262 g/mol. The third kappa shape index (κ3) is 3.14. The van der Waals surface area contributed by atoms with Gasteiger partial charge in [0.15, 0.2) is 0 Å². The first-order chi connectivity index (χ1) is 8.66. The second-order valence-corrected chi connectivity index (χ2v) is 4.67. The molecule has 0 unspecified atom stereocenters. The Labute approximate surface area is 112 Å². The molecule has 0 saturated carbocycles. The number of likely N-dealkylation sites (N-methyl/N-ethyl adjacent to an activating group) is 1. The minimum absolute atomic E-state index is 0.701. The van der Waals surface area contributed by atoms with E-state index in [-0.39, 0.29) is 0 Å². The lowest BCUT2D eigenvalue weighted by atomic mass is 10.2. The summed E-state index contributed by atoms with van der Waals surface area (Å²) in [5.74, 6) is 0. The summed E-state index contributed by atoms with van der Waals surface area (Å²) in [6.07, 6.45) is 4.59. The maximum atomic E-state index is 5.99. The van der Waals surface area contributed by atoms with Crippen molar-refractivity contribution in [1.29, 1.82) is 0 Å². The van der Waals surface area contributed by atoms with Gasteiger partial charge in [0, 0.05) is 31.0 Å². The molecule has 3 nitrogen and oxygen atoms in total. The molecule has 2 N–H and O–H groups in total. The molecule has 0 spiro atoms. The van der Waals surface area contributed by atoms with Crippen LogP contribution in [0.5, 0.6) is 0 Å². The second-order valence-electron chi connectivity index (χ2n) is 4.24. The van der Waals surface area contributed by atoms with Gasteiger partial charge in [-0.2, -0.15) is 0 Å². The Morgan fingerprint density at radius 2 is 2.17 bits per heavy atom. The third-order valence-electron chi connectivity index (χ3n) is 2.86. The Hall–Kier alpha value is -1.74. The molecule has 0 aliphatic rings. The quantitative estimate of drug-likeness (QED) is 0.861. The number of nitrogens with zero attached hydrogens (tertiary/aromatic N) is 2. The fourth-order valence-electron chi connectivity index (χ4n) is 1.81. The number of benzene rings is 1. The first kappa shape index (κ1) is 12.7. The second kappa shape index (κ2) is 5.74. The molecule has 0 saturated heterocycles. The van der Waals surface area contributed by atoms with Crippen molar-refractivity contribution < 1.29 is 0 Å². The summed E-state index contributed by atoms with van der Waals surface area (Å²) in [5, 5.41) is 0.701. The van der Waals surface area contributed by atoms with Crippen LogP contribution in [0.4, 0.5) is 11.4 Å². The topological polar surface area (TPSA) is 42.2 Å². The smallest absolute Gasteiger partial charge is 0.0612 e. The summed E-state index contributed by atoms with van der Waals surface area (Å²) >= 11 is 5.99. The zero-order chi connectivity index (χ0) is 13.0. The highest BCUT2D eigenvalue weighted by atomic mass is 35.5. The van der Waals surface area contributed by atoms with E-state index in [4.69, 9.17) is 17.3 Å². The molecule has 0 bridgehead atoms. The molecule has 94 valence electrons.